The molecule has 1 aromatic heterocycles. The first kappa shape index (κ1) is 24.3. The van der Waals surface area contributed by atoms with Gasteiger partial charge in [-0.3, -0.25) is 9.59 Å². The van der Waals surface area contributed by atoms with E-state index in [9.17, 15) is 9.59 Å². The molecule has 0 saturated heterocycles. The lowest BCUT2D eigenvalue weighted by Gasteiger charge is -2.28. The molecular formula is C29H27BrN2O4. The Bertz CT molecular complexity index is 1460. The molecule has 7 heteroatoms. The summed E-state index contributed by atoms with van der Waals surface area (Å²) in [5.41, 5.74) is 1.39. The lowest BCUT2D eigenvalue weighted by Crippen LogP contribution is -2.37. The van der Waals surface area contributed by atoms with Crippen LogP contribution >= 0.6 is 15.9 Å². The van der Waals surface area contributed by atoms with Crippen molar-refractivity contribution < 1.29 is 13.9 Å². The first-order valence-corrected chi connectivity index (χ1v) is 12.9. The summed E-state index contributed by atoms with van der Waals surface area (Å²) in [6.45, 7) is 7.13. The summed E-state index contributed by atoms with van der Waals surface area (Å²) in [6.07, 6.45) is 0. The van der Waals surface area contributed by atoms with Crippen LogP contribution in [-0.4, -0.2) is 41.9 Å². The number of amides is 1. The third kappa shape index (κ3) is 4.56. The summed E-state index contributed by atoms with van der Waals surface area (Å²) < 4.78 is 12.9. The van der Waals surface area contributed by atoms with Gasteiger partial charge in [0.15, 0.2) is 5.43 Å². The summed E-state index contributed by atoms with van der Waals surface area (Å²) in [4.78, 5) is 31.4. The SMILES string of the molecule is CCN(CC)CCN1C(=O)c2oc3ccc(Br)cc3c(=O)c2C1c1cccc(Oc2ccccc2)c1. The van der Waals surface area contributed by atoms with Gasteiger partial charge in [0.05, 0.1) is 17.0 Å². The van der Waals surface area contributed by atoms with E-state index in [1.807, 2.05) is 54.6 Å². The summed E-state index contributed by atoms with van der Waals surface area (Å²) >= 11 is 3.45. The first-order valence-electron chi connectivity index (χ1n) is 12.1. The van der Waals surface area contributed by atoms with E-state index in [1.165, 1.54) is 0 Å². The molecule has 6 nitrogen and oxygen atoms in total. The minimum absolute atomic E-state index is 0.119. The zero-order valence-corrected chi connectivity index (χ0v) is 21.8. The van der Waals surface area contributed by atoms with Gasteiger partial charge in [-0.15, -0.1) is 0 Å². The molecule has 1 aliphatic rings. The Hall–Kier alpha value is -3.42. The summed E-state index contributed by atoms with van der Waals surface area (Å²) in [5, 5.41) is 0.447. The van der Waals surface area contributed by atoms with Crippen LogP contribution in [0.25, 0.3) is 11.0 Å². The Labute approximate surface area is 218 Å². The maximum Gasteiger partial charge on any atom is 0.290 e. The number of ether oxygens (including phenoxy) is 1. The fourth-order valence-corrected chi connectivity index (χ4v) is 5.09. The van der Waals surface area contributed by atoms with Crippen molar-refractivity contribution in [2.24, 2.45) is 0 Å². The number of hydrogen-bond donors (Lipinski definition) is 0. The molecule has 0 bridgehead atoms. The van der Waals surface area contributed by atoms with Crippen LogP contribution in [0.1, 0.15) is 41.6 Å². The number of nitrogens with zero attached hydrogens (tertiary/aromatic N) is 2. The van der Waals surface area contributed by atoms with Crippen LogP contribution in [0.15, 0.2) is 86.5 Å². The molecular weight excluding hydrogens is 520 g/mol. The predicted molar refractivity (Wildman–Crippen MR) is 144 cm³/mol. The van der Waals surface area contributed by atoms with E-state index in [4.69, 9.17) is 9.15 Å². The lowest BCUT2D eigenvalue weighted by molar-refractivity contribution is 0.0708. The lowest BCUT2D eigenvalue weighted by atomic mass is 9.98. The molecule has 0 aliphatic carbocycles. The molecule has 184 valence electrons. The average Bonchev–Trinajstić information content (AvgIpc) is 3.17. The highest BCUT2D eigenvalue weighted by Crippen LogP contribution is 2.39. The van der Waals surface area contributed by atoms with E-state index in [0.717, 1.165) is 23.1 Å². The zero-order valence-electron chi connectivity index (χ0n) is 20.2. The summed E-state index contributed by atoms with van der Waals surface area (Å²) in [7, 11) is 0. The Morgan fingerprint density at radius 3 is 2.44 bits per heavy atom. The fourth-order valence-electron chi connectivity index (χ4n) is 4.73. The minimum Gasteiger partial charge on any atom is -0.457 e. The van der Waals surface area contributed by atoms with Gasteiger partial charge in [0.25, 0.3) is 5.91 Å². The molecule has 0 spiro atoms. The van der Waals surface area contributed by atoms with Gasteiger partial charge < -0.3 is 19.0 Å². The molecule has 0 radical (unpaired) electrons. The van der Waals surface area contributed by atoms with Crippen LogP contribution in [0, 0.1) is 0 Å². The van der Waals surface area contributed by atoms with Gasteiger partial charge in [-0.1, -0.05) is 60.1 Å². The Morgan fingerprint density at radius 1 is 0.944 bits per heavy atom. The molecule has 3 aromatic carbocycles. The van der Waals surface area contributed by atoms with Gasteiger partial charge in [-0.2, -0.15) is 0 Å². The van der Waals surface area contributed by atoms with Crippen LogP contribution in [0.3, 0.4) is 0 Å². The molecule has 1 aliphatic heterocycles. The molecule has 0 N–H and O–H groups in total. The number of rotatable bonds is 8. The first-order chi connectivity index (χ1) is 17.5. The van der Waals surface area contributed by atoms with Gasteiger partial charge in [0.2, 0.25) is 5.76 Å². The number of carbonyl (C=O) groups is 1. The zero-order chi connectivity index (χ0) is 25.2. The number of likely N-dealkylation sites (N-methyl/N-ethyl adjacent to an activating group) is 1. The normalized spacial score (nSPS) is 15.1. The van der Waals surface area contributed by atoms with E-state index in [2.05, 4.69) is 34.7 Å². The van der Waals surface area contributed by atoms with E-state index < -0.39 is 6.04 Å². The highest BCUT2D eigenvalue weighted by Gasteiger charge is 2.42. The molecule has 0 fully saturated rings. The van der Waals surface area contributed by atoms with E-state index >= 15 is 0 Å². The van der Waals surface area contributed by atoms with Crippen molar-refractivity contribution in [3.63, 3.8) is 0 Å². The second-order valence-electron chi connectivity index (χ2n) is 8.73. The topological polar surface area (TPSA) is 63.0 Å². The molecule has 5 rings (SSSR count). The van der Waals surface area contributed by atoms with Crippen LogP contribution < -0.4 is 10.2 Å². The minimum atomic E-state index is -0.568. The van der Waals surface area contributed by atoms with Crippen molar-refractivity contribution in [1.29, 1.82) is 0 Å². The largest absolute Gasteiger partial charge is 0.457 e. The molecule has 36 heavy (non-hydrogen) atoms. The van der Waals surface area contributed by atoms with E-state index in [0.29, 0.717) is 41.1 Å². The molecule has 4 aromatic rings. The molecule has 0 saturated carbocycles. The number of halogens is 1. The average molecular weight is 547 g/mol. The van der Waals surface area contributed by atoms with Crippen molar-refractivity contribution in [3.05, 3.63) is 104 Å². The summed E-state index contributed by atoms with van der Waals surface area (Å²) in [5.74, 6) is 1.20. The molecule has 1 atom stereocenters. The number of benzene rings is 3. The molecule has 1 unspecified atom stereocenters. The van der Waals surface area contributed by atoms with Gasteiger partial charge in [-0.05, 0) is 61.1 Å². The number of para-hydroxylation sites is 1. The number of carbonyl (C=O) groups excluding carboxylic acids is 1. The van der Waals surface area contributed by atoms with Gasteiger partial charge in [0.1, 0.15) is 17.1 Å². The van der Waals surface area contributed by atoms with Crippen molar-refractivity contribution >= 4 is 32.8 Å². The standard InChI is InChI=1S/C29H27BrN2O4/c1-3-31(4-2)15-16-32-26(19-9-8-12-22(17-19)35-21-10-6-5-7-11-21)25-27(33)23-18-20(30)13-14-24(23)36-28(25)29(32)34/h5-14,17-18,26H,3-4,15-16H2,1-2H3. The Kier molecular flexibility index (Phi) is 6.94. The smallest absolute Gasteiger partial charge is 0.290 e. The van der Waals surface area contributed by atoms with Gasteiger partial charge in [-0.25, -0.2) is 0 Å². The second-order valence-corrected chi connectivity index (χ2v) is 9.65. The third-order valence-corrected chi connectivity index (χ3v) is 7.13. The Morgan fingerprint density at radius 2 is 1.69 bits per heavy atom. The van der Waals surface area contributed by atoms with Crippen molar-refractivity contribution in [1.82, 2.24) is 9.80 Å². The summed E-state index contributed by atoms with van der Waals surface area (Å²) in [6, 6.07) is 21.8. The second kappa shape index (κ2) is 10.3. The molecule has 2 heterocycles. The quantitative estimate of drug-likeness (QED) is 0.262. The van der Waals surface area contributed by atoms with Crippen LogP contribution in [0.4, 0.5) is 0 Å². The van der Waals surface area contributed by atoms with Gasteiger partial charge in [0, 0.05) is 17.6 Å². The van der Waals surface area contributed by atoms with Crippen molar-refractivity contribution in [2.75, 3.05) is 26.2 Å². The number of fused-ring (bicyclic) bond motifs is 2. The number of hydrogen-bond acceptors (Lipinski definition) is 5. The van der Waals surface area contributed by atoms with Gasteiger partial charge >= 0.3 is 0 Å². The molecule has 1 amide bonds. The van der Waals surface area contributed by atoms with Crippen LogP contribution in [-0.2, 0) is 0 Å². The Balaban J connectivity index is 1.62. The maximum atomic E-state index is 13.8. The monoisotopic (exact) mass is 546 g/mol. The predicted octanol–water partition coefficient (Wildman–Crippen LogP) is 6.23. The van der Waals surface area contributed by atoms with Crippen LogP contribution in [0.5, 0.6) is 11.5 Å². The van der Waals surface area contributed by atoms with E-state index in [1.54, 1.807) is 23.1 Å². The third-order valence-electron chi connectivity index (χ3n) is 6.63. The highest BCUT2D eigenvalue weighted by molar-refractivity contribution is 9.10. The fraction of sp³-hybridized carbons (Fsp3) is 0.241. The van der Waals surface area contributed by atoms with E-state index in [-0.39, 0.29) is 17.1 Å². The van der Waals surface area contributed by atoms with Crippen molar-refractivity contribution in [3.8, 4) is 11.5 Å². The van der Waals surface area contributed by atoms with Crippen molar-refractivity contribution in [2.45, 2.75) is 19.9 Å². The van der Waals surface area contributed by atoms with Crippen LogP contribution in [0.2, 0.25) is 0 Å². The maximum absolute atomic E-state index is 13.8. The highest BCUT2D eigenvalue weighted by atomic mass is 79.9.